The molecular weight excluding hydrogens is 350 g/mol. The zero-order valence-electron chi connectivity index (χ0n) is 16.8. The fourth-order valence-corrected chi connectivity index (χ4v) is 5.62. The smallest absolute Gasteiger partial charge is 0.141 e. The lowest BCUT2D eigenvalue weighted by Crippen LogP contribution is -2.58. The van der Waals surface area contributed by atoms with E-state index in [-0.39, 0.29) is 11.8 Å². The molecule has 3 heterocycles. The fourth-order valence-electron chi connectivity index (χ4n) is 5.62. The van der Waals surface area contributed by atoms with E-state index in [0.717, 1.165) is 56.1 Å². The number of nitrogens with zero attached hydrogens (tertiary/aromatic N) is 3. The number of hydrogen-bond donors (Lipinski definition) is 1. The van der Waals surface area contributed by atoms with Gasteiger partial charge in [-0.1, -0.05) is 31.5 Å². The third kappa shape index (κ3) is 2.64. The van der Waals surface area contributed by atoms with Gasteiger partial charge >= 0.3 is 0 Å². The summed E-state index contributed by atoms with van der Waals surface area (Å²) in [5, 5.41) is 13.0. The summed E-state index contributed by atoms with van der Waals surface area (Å²) < 4.78 is 8.11. The summed E-state index contributed by atoms with van der Waals surface area (Å²) in [5.41, 5.74) is 1.49. The van der Waals surface area contributed by atoms with Crippen LogP contribution in [0.25, 0.3) is 11.0 Å². The standard InChI is InChI=1S/C23H29N3O2/c1-3-20-19(18-9-4-5-10-21(18)28-20)15-26-13-16-7-6-8-17(14-26)23(16,27)22-24-11-12-25(22)2/h4-5,9-12,16-17,27H,3,6-8,13-15H2,1-2H3/t16-,17-/m0/s1. The molecule has 2 aliphatic rings. The highest BCUT2D eigenvalue weighted by atomic mass is 16.3. The van der Waals surface area contributed by atoms with Crippen LogP contribution >= 0.6 is 0 Å². The van der Waals surface area contributed by atoms with Crippen LogP contribution in [0.5, 0.6) is 0 Å². The molecule has 2 bridgehead atoms. The molecule has 5 rings (SSSR count). The van der Waals surface area contributed by atoms with Crippen molar-refractivity contribution in [1.82, 2.24) is 14.5 Å². The van der Waals surface area contributed by atoms with Crippen molar-refractivity contribution in [3.8, 4) is 0 Å². The van der Waals surface area contributed by atoms with Crippen molar-refractivity contribution in [1.29, 1.82) is 0 Å². The summed E-state index contributed by atoms with van der Waals surface area (Å²) in [7, 11) is 1.99. The van der Waals surface area contributed by atoms with Gasteiger partial charge in [0.1, 0.15) is 22.8 Å². The van der Waals surface area contributed by atoms with Gasteiger partial charge in [0.15, 0.2) is 0 Å². The largest absolute Gasteiger partial charge is 0.461 e. The Bertz CT molecular complexity index is 975. The molecule has 2 fully saturated rings. The number of likely N-dealkylation sites (tertiary alicyclic amines) is 1. The Morgan fingerprint density at radius 3 is 2.64 bits per heavy atom. The van der Waals surface area contributed by atoms with Gasteiger partial charge in [0.2, 0.25) is 0 Å². The number of aryl methyl sites for hydroxylation is 2. The molecule has 0 radical (unpaired) electrons. The second-order valence-corrected chi connectivity index (χ2v) is 8.56. The Morgan fingerprint density at radius 2 is 1.96 bits per heavy atom. The van der Waals surface area contributed by atoms with E-state index < -0.39 is 5.60 Å². The van der Waals surface area contributed by atoms with E-state index in [1.165, 1.54) is 17.4 Å². The first-order valence-corrected chi connectivity index (χ1v) is 10.5. The van der Waals surface area contributed by atoms with Gasteiger partial charge in [-0.3, -0.25) is 4.90 Å². The zero-order chi connectivity index (χ0) is 19.3. The van der Waals surface area contributed by atoms with Crippen molar-refractivity contribution >= 4 is 11.0 Å². The number of imidazole rings is 1. The molecule has 1 aliphatic carbocycles. The molecule has 1 saturated heterocycles. The van der Waals surface area contributed by atoms with E-state index in [2.05, 4.69) is 35.0 Å². The summed E-state index contributed by atoms with van der Waals surface area (Å²) in [6.07, 6.45) is 7.97. The van der Waals surface area contributed by atoms with Crippen molar-refractivity contribution in [2.24, 2.45) is 18.9 Å². The van der Waals surface area contributed by atoms with Crippen LogP contribution in [0.2, 0.25) is 0 Å². The lowest BCUT2D eigenvalue weighted by atomic mass is 9.65. The molecule has 0 spiro atoms. The SMILES string of the molecule is CCc1oc2ccccc2c1CN1C[C@@H]2CCC[C@@H](C1)C2(O)c1nccn1C. The van der Waals surface area contributed by atoms with Crippen LogP contribution < -0.4 is 0 Å². The van der Waals surface area contributed by atoms with E-state index >= 15 is 0 Å². The maximum atomic E-state index is 11.8. The van der Waals surface area contributed by atoms with Gasteiger partial charge in [-0.05, 0) is 18.9 Å². The highest BCUT2D eigenvalue weighted by Gasteiger charge is 2.53. The fraction of sp³-hybridized carbons (Fsp3) is 0.522. The summed E-state index contributed by atoms with van der Waals surface area (Å²) in [4.78, 5) is 7.07. The van der Waals surface area contributed by atoms with Crippen LogP contribution in [0.15, 0.2) is 41.1 Å². The molecule has 1 saturated carbocycles. The Labute approximate surface area is 166 Å². The van der Waals surface area contributed by atoms with E-state index in [1.807, 2.05) is 23.9 Å². The van der Waals surface area contributed by atoms with Gasteiger partial charge in [0, 0.05) is 68.3 Å². The van der Waals surface area contributed by atoms with Crippen LogP contribution in [0, 0.1) is 11.8 Å². The normalized spacial score (nSPS) is 28.1. The topological polar surface area (TPSA) is 54.4 Å². The van der Waals surface area contributed by atoms with Gasteiger partial charge in [0.25, 0.3) is 0 Å². The molecule has 1 aromatic carbocycles. The maximum Gasteiger partial charge on any atom is 0.141 e. The maximum absolute atomic E-state index is 11.8. The number of rotatable bonds is 4. The Kier molecular flexibility index (Phi) is 4.33. The number of hydrogen-bond acceptors (Lipinski definition) is 4. The molecule has 1 N–H and O–H groups in total. The monoisotopic (exact) mass is 379 g/mol. The molecule has 2 aromatic heterocycles. The van der Waals surface area contributed by atoms with Crippen molar-refractivity contribution in [2.45, 2.75) is 44.8 Å². The number of furan rings is 1. The number of benzene rings is 1. The van der Waals surface area contributed by atoms with Crippen LogP contribution in [0.1, 0.15) is 43.3 Å². The predicted molar refractivity (Wildman–Crippen MR) is 109 cm³/mol. The van der Waals surface area contributed by atoms with Gasteiger partial charge in [-0.15, -0.1) is 0 Å². The van der Waals surface area contributed by atoms with Crippen LogP contribution in [-0.4, -0.2) is 32.6 Å². The second kappa shape index (κ2) is 6.75. The van der Waals surface area contributed by atoms with E-state index in [1.54, 1.807) is 6.20 Å². The van der Waals surface area contributed by atoms with Gasteiger partial charge in [-0.25, -0.2) is 4.98 Å². The molecule has 5 heteroatoms. The van der Waals surface area contributed by atoms with Crippen LogP contribution in [-0.2, 0) is 25.6 Å². The molecule has 148 valence electrons. The van der Waals surface area contributed by atoms with E-state index in [9.17, 15) is 5.11 Å². The summed E-state index contributed by atoms with van der Waals surface area (Å²) in [5.74, 6) is 2.38. The molecule has 5 nitrogen and oxygen atoms in total. The molecule has 3 aromatic rings. The lowest BCUT2D eigenvalue weighted by Gasteiger charge is -2.52. The quantitative estimate of drug-likeness (QED) is 0.748. The summed E-state index contributed by atoms with van der Waals surface area (Å²) in [6, 6.07) is 8.35. The van der Waals surface area contributed by atoms with Crippen molar-refractivity contribution in [2.75, 3.05) is 13.1 Å². The molecular formula is C23H29N3O2. The number of aliphatic hydroxyl groups is 1. The molecule has 28 heavy (non-hydrogen) atoms. The summed E-state index contributed by atoms with van der Waals surface area (Å²) >= 11 is 0. The van der Waals surface area contributed by atoms with Gasteiger partial charge in [0.05, 0.1) is 0 Å². The van der Waals surface area contributed by atoms with Crippen LogP contribution in [0.3, 0.4) is 0 Å². The first-order valence-electron chi connectivity index (χ1n) is 10.5. The number of para-hydroxylation sites is 1. The number of aromatic nitrogens is 2. The van der Waals surface area contributed by atoms with Gasteiger partial charge < -0.3 is 14.1 Å². The Balaban J connectivity index is 1.45. The molecule has 2 atom stereocenters. The van der Waals surface area contributed by atoms with Crippen molar-refractivity contribution in [3.63, 3.8) is 0 Å². The minimum atomic E-state index is -0.806. The molecule has 0 unspecified atom stereocenters. The lowest BCUT2D eigenvalue weighted by molar-refractivity contribution is -0.155. The summed E-state index contributed by atoms with van der Waals surface area (Å²) in [6.45, 7) is 4.86. The minimum Gasteiger partial charge on any atom is -0.461 e. The third-order valence-electron chi connectivity index (χ3n) is 6.97. The Hall–Kier alpha value is -2.11. The Morgan fingerprint density at radius 1 is 1.21 bits per heavy atom. The zero-order valence-corrected chi connectivity index (χ0v) is 16.8. The van der Waals surface area contributed by atoms with Crippen molar-refractivity contribution in [3.05, 3.63) is 53.8 Å². The number of fused-ring (bicyclic) bond motifs is 3. The van der Waals surface area contributed by atoms with Gasteiger partial charge in [-0.2, -0.15) is 0 Å². The molecule has 1 aliphatic heterocycles. The average Bonchev–Trinajstić information content (AvgIpc) is 3.26. The van der Waals surface area contributed by atoms with E-state index in [4.69, 9.17) is 4.42 Å². The predicted octanol–water partition coefficient (Wildman–Crippen LogP) is 3.85. The first kappa shape index (κ1) is 18.0. The number of piperidine rings is 1. The highest BCUT2D eigenvalue weighted by molar-refractivity contribution is 5.82. The minimum absolute atomic E-state index is 0.226. The third-order valence-corrected chi connectivity index (χ3v) is 6.97. The highest BCUT2D eigenvalue weighted by Crippen LogP contribution is 2.49. The van der Waals surface area contributed by atoms with Crippen molar-refractivity contribution < 1.29 is 9.52 Å². The van der Waals surface area contributed by atoms with Crippen LogP contribution in [0.4, 0.5) is 0 Å². The first-order chi connectivity index (χ1) is 13.6. The molecule has 0 amide bonds. The second-order valence-electron chi connectivity index (χ2n) is 8.56. The van der Waals surface area contributed by atoms with E-state index in [0.29, 0.717) is 0 Å². The average molecular weight is 380 g/mol.